The number of ether oxygens (including phenoxy) is 1. The van der Waals surface area contributed by atoms with E-state index in [1.165, 1.54) is 0 Å². The number of allylic oxidation sites excluding steroid dienone is 1. The molecule has 106 valence electrons. The minimum atomic E-state index is -0.459. The average molecular weight is 283 g/mol. The van der Waals surface area contributed by atoms with Gasteiger partial charge in [0.15, 0.2) is 0 Å². The number of thioether (sulfide) groups is 1. The van der Waals surface area contributed by atoms with Crippen LogP contribution in [0, 0.1) is 11.3 Å². The Morgan fingerprint density at radius 1 is 1.26 bits per heavy atom. The lowest BCUT2D eigenvalue weighted by atomic mass is 10.2. The van der Waals surface area contributed by atoms with E-state index in [2.05, 4.69) is 11.0 Å². The second kappa shape index (κ2) is 6.71. The van der Waals surface area contributed by atoms with Gasteiger partial charge in [-0.05, 0) is 27.0 Å². The molecule has 1 heterocycles. The fraction of sp³-hybridized carbons (Fsp3) is 0.692. The summed E-state index contributed by atoms with van der Waals surface area (Å²) in [5.74, 6) is 0. The van der Waals surface area contributed by atoms with Crippen LogP contribution in [0.3, 0.4) is 0 Å². The number of amides is 1. The molecule has 1 saturated heterocycles. The van der Waals surface area contributed by atoms with Crippen LogP contribution in [0.15, 0.2) is 11.1 Å². The molecule has 1 fully saturated rings. The minimum Gasteiger partial charge on any atom is -0.444 e. The average Bonchev–Trinajstić information content (AvgIpc) is 2.34. The number of nitriles is 1. The number of carbonyl (C=O) groups is 1. The Morgan fingerprint density at radius 3 is 2.21 bits per heavy atom. The van der Waals surface area contributed by atoms with Crippen molar-refractivity contribution in [3.63, 3.8) is 0 Å². The van der Waals surface area contributed by atoms with E-state index >= 15 is 0 Å². The van der Waals surface area contributed by atoms with Gasteiger partial charge in [0.2, 0.25) is 0 Å². The fourth-order valence-electron chi connectivity index (χ4n) is 1.77. The van der Waals surface area contributed by atoms with Crippen molar-refractivity contribution in [2.75, 3.05) is 32.4 Å². The summed E-state index contributed by atoms with van der Waals surface area (Å²) in [4.78, 5) is 15.7. The van der Waals surface area contributed by atoms with E-state index in [1.807, 2.05) is 27.0 Å². The maximum absolute atomic E-state index is 11.9. The largest absolute Gasteiger partial charge is 0.444 e. The van der Waals surface area contributed by atoms with Crippen LogP contribution in [0.2, 0.25) is 0 Å². The molecule has 0 aromatic rings. The fourth-order valence-corrected chi connectivity index (χ4v) is 2.38. The number of nitrogens with zero attached hydrogens (tertiary/aromatic N) is 3. The van der Waals surface area contributed by atoms with Crippen molar-refractivity contribution in [3.05, 3.63) is 11.1 Å². The molecule has 0 N–H and O–H groups in total. The van der Waals surface area contributed by atoms with Crippen LogP contribution in [-0.4, -0.2) is 53.9 Å². The summed E-state index contributed by atoms with van der Waals surface area (Å²) < 4.78 is 5.34. The van der Waals surface area contributed by atoms with E-state index in [4.69, 9.17) is 10.00 Å². The predicted octanol–water partition coefficient (Wildman–Crippen LogP) is 2.27. The van der Waals surface area contributed by atoms with Gasteiger partial charge < -0.3 is 14.5 Å². The summed E-state index contributed by atoms with van der Waals surface area (Å²) in [5.41, 5.74) is -0.459. The SMILES string of the molecule is CS/C(=C\C#N)N1CCN(C(=O)OC(C)(C)C)CC1. The van der Waals surface area contributed by atoms with E-state index in [-0.39, 0.29) is 6.09 Å². The van der Waals surface area contributed by atoms with Crippen molar-refractivity contribution in [1.29, 1.82) is 5.26 Å². The smallest absolute Gasteiger partial charge is 0.410 e. The molecular formula is C13H21N3O2S. The van der Waals surface area contributed by atoms with Gasteiger partial charge in [0.25, 0.3) is 0 Å². The summed E-state index contributed by atoms with van der Waals surface area (Å²) in [6.07, 6.45) is 3.24. The third-order valence-electron chi connectivity index (χ3n) is 2.64. The topological polar surface area (TPSA) is 56.6 Å². The van der Waals surface area contributed by atoms with Crippen molar-refractivity contribution in [2.45, 2.75) is 26.4 Å². The zero-order valence-corrected chi connectivity index (χ0v) is 12.8. The number of hydrogen-bond acceptors (Lipinski definition) is 5. The van der Waals surface area contributed by atoms with Crippen LogP contribution in [0.5, 0.6) is 0 Å². The maximum atomic E-state index is 11.9. The number of carbonyl (C=O) groups excluding carboxylic acids is 1. The van der Waals surface area contributed by atoms with Gasteiger partial charge in [-0.25, -0.2) is 4.79 Å². The van der Waals surface area contributed by atoms with E-state index < -0.39 is 5.60 Å². The van der Waals surface area contributed by atoms with Crippen molar-refractivity contribution >= 4 is 17.9 Å². The van der Waals surface area contributed by atoms with E-state index in [0.717, 1.165) is 18.1 Å². The first-order chi connectivity index (χ1) is 8.87. The molecule has 0 atom stereocenters. The summed E-state index contributed by atoms with van der Waals surface area (Å²) in [6.45, 7) is 8.30. The van der Waals surface area contributed by atoms with Gasteiger partial charge in [-0.1, -0.05) is 0 Å². The second-order valence-electron chi connectivity index (χ2n) is 5.27. The number of piperazine rings is 1. The van der Waals surface area contributed by atoms with Crippen molar-refractivity contribution < 1.29 is 9.53 Å². The molecule has 1 aliphatic rings. The van der Waals surface area contributed by atoms with Gasteiger partial charge in [0.1, 0.15) is 5.60 Å². The van der Waals surface area contributed by atoms with Crippen LogP contribution in [0.4, 0.5) is 4.79 Å². The third-order valence-corrected chi connectivity index (χ3v) is 3.43. The third kappa shape index (κ3) is 5.03. The molecule has 0 aliphatic carbocycles. The summed E-state index contributed by atoms with van der Waals surface area (Å²) in [6, 6.07) is 2.05. The Balaban J connectivity index is 2.52. The highest BCUT2D eigenvalue weighted by atomic mass is 32.2. The van der Waals surface area contributed by atoms with Crippen molar-refractivity contribution in [1.82, 2.24) is 9.80 Å². The predicted molar refractivity (Wildman–Crippen MR) is 76.6 cm³/mol. The van der Waals surface area contributed by atoms with Crippen LogP contribution in [-0.2, 0) is 4.74 Å². The van der Waals surface area contributed by atoms with Gasteiger partial charge in [0.05, 0.1) is 11.1 Å². The summed E-state index contributed by atoms with van der Waals surface area (Å²) >= 11 is 1.55. The van der Waals surface area contributed by atoms with Crippen LogP contribution in [0.1, 0.15) is 20.8 Å². The number of rotatable bonds is 2. The monoisotopic (exact) mass is 283 g/mol. The van der Waals surface area contributed by atoms with Gasteiger partial charge in [0, 0.05) is 32.3 Å². The highest BCUT2D eigenvalue weighted by Crippen LogP contribution is 2.20. The first-order valence-corrected chi connectivity index (χ1v) is 7.46. The van der Waals surface area contributed by atoms with E-state index in [9.17, 15) is 4.79 Å². The molecule has 1 amide bonds. The molecule has 0 saturated carbocycles. The van der Waals surface area contributed by atoms with Gasteiger partial charge in [-0.3, -0.25) is 0 Å². The molecule has 0 bridgehead atoms. The molecular weight excluding hydrogens is 262 g/mol. The molecule has 0 unspecified atom stereocenters. The van der Waals surface area contributed by atoms with Crippen molar-refractivity contribution in [3.8, 4) is 6.07 Å². The Bertz CT molecular complexity index is 388. The first kappa shape index (κ1) is 15.7. The minimum absolute atomic E-state index is 0.262. The quantitative estimate of drug-likeness (QED) is 0.728. The molecule has 0 radical (unpaired) electrons. The zero-order chi connectivity index (χ0) is 14.5. The van der Waals surface area contributed by atoms with Crippen molar-refractivity contribution in [2.24, 2.45) is 0 Å². The Morgan fingerprint density at radius 2 is 1.79 bits per heavy atom. The van der Waals surface area contributed by atoms with E-state index in [1.54, 1.807) is 22.7 Å². The molecule has 1 aliphatic heterocycles. The summed E-state index contributed by atoms with van der Waals surface area (Å²) in [7, 11) is 0. The lowest BCUT2D eigenvalue weighted by Crippen LogP contribution is -2.49. The van der Waals surface area contributed by atoms with Crippen LogP contribution in [0.25, 0.3) is 0 Å². The highest BCUT2D eigenvalue weighted by Gasteiger charge is 2.26. The zero-order valence-electron chi connectivity index (χ0n) is 12.0. The second-order valence-corrected chi connectivity index (χ2v) is 6.10. The molecule has 6 heteroatoms. The van der Waals surface area contributed by atoms with Crippen LogP contribution < -0.4 is 0 Å². The Kier molecular flexibility index (Phi) is 5.55. The molecule has 1 rings (SSSR count). The molecule has 0 aromatic carbocycles. The molecule has 19 heavy (non-hydrogen) atoms. The molecule has 5 nitrogen and oxygen atoms in total. The van der Waals surface area contributed by atoms with Crippen LogP contribution >= 0.6 is 11.8 Å². The molecule has 0 aromatic heterocycles. The Labute approximate surface area is 119 Å². The van der Waals surface area contributed by atoms with Gasteiger partial charge >= 0.3 is 6.09 Å². The molecule has 0 spiro atoms. The van der Waals surface area contributed by atoms with E-state index in [0.29, 0.717) is 13.1 Å². The normalized spacial score (nSPS) is 17.1. The summed E-state index contributed by atoms with van der Waals surface area (Å²) in [5, 5.41) is 9.67. The Hall–Kier alpha value is -1.35. The van der Waals surface area contributed by atoms with Gasteiger partial charge in [-0.15, -0.1) is 11.8 Å². The standard InChI is InChI=1S/C13H21N3O2S/c1-13(2,3)18-12(17)16-9-7-15(8-10-16)11(19-4)5-6-14/h5H,7-10H2,1-4H3/b11-5-. The number of hydrogen-bond donors (Lipinski definition) is 0. The maximum Gasteiger partial charge on any atom is 0.410 e. The highest BCUT2D eigenvalue weighted by molar-refractivity contribution is 8.02. The lowest BCUT2D eigenvalue weighted by molar-refractivity contribution is 0.0174. The first-order valence-electron chi connectivity index (χ1n) is 6.24. The lowest BCUT2D eigenvalue weighted by Gasteiger charge is -2.37. The van der Waals surface area contributed by atoms with Gasteiger partial charge in [-0.2, -0.15) is 5.26 Å².